The highest BCUT2D eigenvalue weighted by Crippen LogP contribution is 2.41. The lowest BCUT2D eigenvalue weighted by molar-refractivity contribution is -0.152. The number of rotatable bonds is 6. The minimum absolute atomic E-state index is 0.583. The Morgan fingerprint density at radius 2 is 1.92 bits per heavy atom. The summed E-state index contributed by atoms with van der Waals surface area (Å²) in [6, 6.07) is 9.75. The number of nitrogens with zero attached hydrogens (tertiary/aromatic N) is 2. The highest BCUT2D eigenvalue weighted by molar-refractivity contribution is 6.02. The maximum atomic E-state index is 11.6. The molecule has 1 N–H and O–H groups in total. The molecule has 0 aliphatic rings. The highest BCUT2D eigenvalue weighted by atomic mass is 16.5. The predicted molar refractivity (Wildman–Crippen MR) is 103 cm³/mol. The van der Waals surface area contributed by atoms with Gasteiger partial charge in [-0.1, -0.05) is 13.0 Å². The Kier molecular flexibility index (Phi) is 4.72. The molecular weight excluding hydrogens is 328 g/mol. The minimum Gasteiger partial charge on any atom is -0.478 e. The number of hydrogen-bond acceptors (Lipinski definition) is 3. The lowest BCUT2D eigenvalue weighted by Crippen LogP contribution is -2.37. The molecule has 26 heavy (non-hydrogen) atoms. The smallest absolute Gasteiger partial charge is 0.347 e. The Hall–Kier alpha value is -2.82. The SMILES string of the molecule is CCCn1c(C)c(-c2ccncc2)c2c(OC(C)(C)C(=O)O)cccc21. The Balaban J connectivity index is 2.31. The number of aliphatic carboxylic acids is 1. The number of carboxylic acid groups (broad SMARTS) is 1. The second-order valence-corrected chi connectivity index (χ2v) is 6.92. The first-order valence-electron chi connectivity index (χ1n) is 8.81. The van der Waals surface area contributed by atoms with E-state index >= 15 is 0 Å². The molecule has 5 heteroatoms. The maximum absolute atomic E-state index is 11.6. The van der Waals surface area contributed by atoms with Crippen molar-refractivity contribution in [2.75, 3.05) is 0 Å². The normalized spacial score (nSPS) is 11.7. The van der Waals surface area contributed by atoms with E-state index < -0.39 is 11.6 Å². The fourth-order valence-electron chi connectivity index (χ4n) is 3.28. The van der Waals surface area contributed by atoms with Crippen LogP contribution in [0, 0.1) is 6.92 Å². The van der Waals surface area contributed by atoms with Gasteiger partial charge in [0.05, 0.1) is 5.52 Å². The summed E-state index contributed by atoms with van der Waals surface area (Å²) in [6.07, 6.45) is 4.54. The molecule has 0 unspecified atom stereocenters. The summed E-state index contributed by atoms with van der Waals surface area (Å²) < 4.78 is 8.23. The molecule has 0 fully saturated rings. The average molecular weight is 352 g/mol. The van der Waals surface area contributed by atoms with Crippen LogP contribution >= 0.6 is 0 Å². The van der Waals surface area contributed by atoms with Crippen molar-refractivity contribution in [1.29, 1.82) is 0 Å². The van der Waals surface area contributed by atoms with Crippen molar-refractivity contribution < 1.29 is 14.6 Å². The first kappa shape index (κ1) is 18.0. The largest absolute Gasteiger partial charge is 0.478 e. The van der Waals surface area contributed by atoms with Crippen molar-refractivity contribution in [3.05, 3.63) is 48.4 Å². The number of aryl methyl sites for hydroxylation is 1. The molecule has 0 atom stereocenters. The van der Waals surface area contributed by atoms with E-state index in [-0.39, 0.29) is 0 Å². The second-order valence-electron chi connectivity index (χ2n) is 6.92. The first-order chi connectivity index (χ1) is 12.4. The van der Waals surface area contributed by atoms with Gasteiger partial charge >= 0.3 is 5.97 Å². The van der Waals surface area contributed by atoms with Crippen LogP contribution in [0.15, 0.2) is 42.7 Å². The molecule has 2 aromatic heterocycles. The first-order valence-corrected chi connectivity index (χ1v) is 8.81. The van der Waals surface area contributed by atoms with Gasteiger partial charge in [0.1, 0.15) is 5.75 Å². The molecule has 0 aliphatic carbocycles. The van der Waals surface area contributed by atoms with Gasteiger partial charge < -0.3 is 14.4 Å². The van der Waals surface area contributed by atoms with E-state index in [1.54, 1.807) is 26.2 Å². The summed E-state index contributed by atoms with van der Waals surface area (Å²) in [4.78, 5) is 15.7. The Morgan fingerprint density at radius 1 is 1.23 bits per heavy atom. The van der Waals surface area contributed by atoms with Crippen LogP contribution in [0.4, 0.5) is 0 Å². The molecule has 0 amide bonds. The molecule has 5 nitrogen and oxygen atoms in total. The minimum atomic E-state index is -1.31. The van der Waals surface area contributed by atoms with Crippen molar-refractivity contribution in [1.82, 2.24) is 9.55 Å². The molecule has 3 rings (SSSR count). The van der Waals surface area contributed by atoms with Crippen LogP contribution in [0.25, 0.3) is 22.0 Å². The van der Waals surface area contributed by atoms with Gasteiger partial charge in [0.25, 0.3) is 0 Å². The summed E-state index contributed by atoms with van der Waals surface area (Å²) in [5.74, 6) is -0.413. The topological polar surface area (TPSA) is 64.4 Å². The lowest BCUT2D eigenvalue weighted by Gasteiger charge is -2.22. The van der Waals surface area contributed by atoms with Crippen LogP contribution in [0.2, 0.25) is 0 Å². The molecule has 2 heterocycles. The van der Waals surface area contributed by atoms with E-state index in [9.17, 15) is 9.90 Å². The fourth-order valence-corrected chi connectivity index (χ4v) is 3.28. The highest BCUT2D eigenvalue weighted by Gasteiger charge is 2.31. The predicted octanol–water partition coefficient (Wildman–Crippen LogP) is 4.66. The van der Waals surface area contributed by atoms with Crippen LogP contribution in [-0.4, -0.2) is 26.2 Å². The van der Waals surface area contributed by atoms with E-state index in [1.807, 2.05) is 24.3 Å². The molecule has 0 aliphatic heterocycles. The number of benzene rings is 1. The zero-order valence-electron chi connectivity index (χ0n) is 15.6. The lowest BCUT2D eigenvalue weighted by atomic mass is 10.0. The third-order valence-electron chi connectivity index (χ3n) is 4.61. The van der Waals surface area contributed by atoms with Gasteiger partial charge in [-0.3, -0.25) is 4.98 Å². The number of carbonyl (C=O) groups is 1. The van der Waals surface area contributed by atoms with Crippen LogP contribution in [-0.2, 0) is 11.3 Å². The summed E-state index contributed by atoms with van der Waals surface area (Å²) >= 11 is 0. The monoisotopic (exact) mass is 352 g/mol. The molecule has 1 aromatic carbocycles. The molecule has 0 saturated carbocycles. The molecular formula is C21H24N2O3. The third kappa shape index (κ3) is 3.05. The van der Waals surface area contributed by atoms with Gasteiger partial charge in [-0.25, -0.2) is 4.79 Å². The van der Waals surface area contributed by atoms with E-state index in [0.717, 1.165) is 40.7 Å². The quantitative estimate of drug-likeness (QED) is 0.700. The second kappa shape index (κ2) is 6.83. The average Bonchev–Trinajstić information content (AvgIpc) is 2.89. The zero-order chi connectivity index (χ0) is 18.9. The summed E-state index contributed by atoms with van der Waals surface area (Å²) in [6.45, 7) is 8.26. The number of pyridine rings is 1. The molecule has 0 bridgehead atoms. The van der Waals surface area contributed by atoms with Crippen LogP contribution in [0.5, 0.6) is 5.75 Å². The summed E-state index contributed by atoms with van der Waals surface area (Å²) in [5.41, 5.74) is 2.98. The van der Waals surface area contributed by atoms with E-state index in [0.29, 0.717) is 5.75 Å². The number of fused-ring (bicyclic) bond motifs is 1. The van der Waals surface area contributed by atoms with Crippen molar-refractivity contribution >= 4 is 16.9 Å². The standard InChI is InChI=1S/C21H24N2O3/c1-5-13-23-14(2)18(15-9-11-22-12-10-15)19-16(23)7-6-8-17(19)26-21(3,4)20(24)25/h6-12H,5,13H2,1-4H3,(H,24,25). The van der Waals surface area contributed by atoms with E-state index in [2.05, 4.69) is 29.5 Å². The van der Waals surface area contributed by atoms with Gasteiger partial charge in [-0.15, -0.1) is 0 Å². The van der Waals surface area contributed by atoms with Crippen LogP contribution in [0.1, 0.15) is 32.9 Å². The fraction of sp³-hybridized carbons (Fsp3) is 0.333. The molecule has 3 aromatic rings. The maximum Gasteiger partial charge on any atom is 0.347 e. The molecule has 136 valence electrons. The molecule has 0 radical (unpaired) electrons. The van der Waals surface area contributed by atoms with Crippen molar-refractivity contribution in [3.63, 3.8) is 0 Å². The summed E-state index contributed by atoms with van der Waals surface area (Å²) in [7, 11) is 0. The Bertz CT molecular complexity index is 943. The van der Waals surface area contributed by atoms with E-state index in [4.69, 9.17) is 4.74 Å². The van der Waals surface area contributed by atoms with Gasteiger partial charge in [-0.05, 0) is 57.0 Å². The zero-order valence-corrected chi connectivity index (χ0v) is 15.6. The molecule has 0 saturated heterocycles. The Morgan fingerprint density at radius 3 is 2.54 bits per heavy atom. The number of ether oxygens (including phenoxy) is 1. The van der Waals surface area contributed by atoms with Crippen LogP contribution in [0.3, 0.4) is 0 Å². The van der Waals surface area contributed by atoms with Crippen molar-refractivity contribution in [2.45, 2.75) is 46.3 Å². The Labute approximate surface area is 153 Å². The third-order valence-corrected chi connectivity index (χ3v) is 4.61. The van der Waals surface area contributed by atoms with Gasteiger partial charge in [-0.2, -0.15) is 0 Å². The van der Waals surface area contributed by atoms with Crippen molar-refractivity contribution in [2.24, 2.45) is 0 Å². The number of hydrogen-bond donors (Lipinski definition) is 1. The molecule has 0 spiro atoms. The van der Waals surface area contributed by atoms with Gasteiger partial charge in [0.2, 0.25) is 0 Å². The van der Waals surface area contributed by atoms with E-state index in [1.165, 1.54) is 0 Å². The summed E-state index contributed by atoms with van der Waals surface area (Å²) in [5, 5.41) is 10.4. The number of carboxylic acids is 1. The van der Waals surface area contributed by atoms with Crippen LogP contribution < -0.4 is 4.74 Å². The van der Waals surface area contributed by atoms with Gasteiger partial charge in [0, 0.05) is 35.6 Å². The number of aromatic nitrogens is 2. The van der Waals surface area contributed by atoms with Crippen molar-refractivity contribution in [3.8, 4) is 16.9 Å². The van der Waals surface area contributed by atoms with Gasteiger partial charge in [0.15, 0.2) is 5.60 Å².